The highest BCUT2D eigenvalue weighted by atomic mass is 32.2. The summed E-state index contributed by atoms with van der Waals surface area (Å²) in [5, 5.41) is 10.9. The van der Waals surface area contributed by atoms with Crippen LogP contribution in [0.4, 0.5) is 5.82 Å². The molecule has 30 heavy (non-hydrogen) atoms. The molecule has 0 aliphatic carbocycles. The molecule has 1 spiro atoms. The van der Waals surface area contributed by atoms with Gasteiger partial charge in [-0.05, 0) is 25.3 Å². The molecule has 1 amide bonds. The summed E-state index contributed by atoms with van der Waals surface area (Å²) in [6, 6.07) is 5.60. The number of fused-ring (bicyclic) bond motifs is 1. The molecule has 3 aliphatic heterocycles. The van der Waals surface area contributed by atoms with E-state index in [0.717, 1.165) is 16.5 Å². The summed E-state index contributed by atoms with van der Waals surface area (Å²) in [5.74, 6) is 0.945. The quantitative estimate of drug-likeness (QED) is 0.729. The van der Waals surface area contributed by atoms with Crippen LogP contribution in [0.2, 0.25) is 0 Å². The summed E-state index contributed by atoms with van der Waals surface area (Å²) in [4.78, 5) is 30.4. The average Bonchev–Trinajstić information content (AvgIpc) is 3.20. The standard InChI is InChI=1S/C21H25N5O3S/c1-13-6-18(24-12-23-13)25-8-17-15(9-27)16-7-26(11-21(16,10-25)29-17)20(28)14-4-3-5-22-19(14)30-2/h3-6,12,15-17,27H,7-11H2,1-2H3/t15-,16+,17+,21+/m0/s1. The maximum Gasteiger partial charge on any atom is 0.256 e. The summed E-state index contributed by atoms with van der Waals surface area (Å²) in [7, 11) is 0. The van der Waals surface area contributed by atoms with Crippen molar-refractivity contribution in [3.63, 3.8) is 0 Å². The number of aromatic nitrogens is 3. The third kappa shape index (κ3) is 3.07. The fraction of sp³-hybridized carbons (Fsp3) is 0.524. The number of hydrogen-bond acceptors (Lipinski definition) is 8. The van der Waals surface area contributed by atoms with Crippen molar-refractivity contribution in [1.29, 1.82) is 0 Å². The number of amides is 1. The molecular weight excluding hydrogens is 402 g/mol. The molecule has 3 aliphatic rings. The van der Waals surface area contributed by atoms with Crippen molar-refractivity contribution in [1.82, 2.24) is 19.9 Å². The number of likely N-dealkylation sites (tertiary alicyclic amines) is 1. The molecule has 1 N–H and O–H groups in total. The average molecular weight is 428 g/mol. The lowest BCUT2D eigenvalue weighted by molar-refractivity contribution is -0.0627. The Bertz CT molecular complexity index is 975. The van der Waals surface area contributed by atoms with Crippen LogP contribution < -0.4 is 4.90 Å². The Morgan fingerprint density at radius 2 is 2.20 bits per heavy atom. The highest BCUT2D eigenvalue weighted by Gasteiger charge is 2.63. The second-order valence-corrected chi connectivity index (χ2v) is 9.11. The van der Waals surface area contributed by atoms with E-state index in [1.54, 1.807) is 18.6 Å². The van der Waals surface area contributed by atoms with Crippen LogP contribution in [0.3, 0.4) is 0 Å². The zero-order chi connectivity index (χ0) is 20.9. The number of aliphatic hydroxyl groups is 1. The van der Waals surface area contributed by atoms with Crippen molar-refractivity contribution < 1.29 is 14.6 Å². The molecule has 8 nitrogen and oxygen atoms in total. The number of morpholine rings is 1. The van der Waals surface area contributed by atoms with Gasteiger partial charge in [-0.15, -0.1) is 11.8 Å². The number of nitrogens with zero attached hydrogens (tertiary/aromatic N) is 5. The van der Waals surface area contributed by atoms with Crippen molar-refractivity contribution in [2.75, 3.05) is 43.9 Å². The monoisotopic (exact) mass is 427 g/mol. The number of ether oxygens (including phenoxy) is 1. The topological polar surface area (TPSA) is 91.7 Å². The van der Waals surface area contributed by atoms with Gasteiger partial charge in [0.15, 0.2) is 0 Å². The maximum atomic E-state index is 13.3. The Balaban J connectivity index is 1.44. The van der Waals surface area contributed by atoms with E-state index in [1.165, 1.54) is 11.8 Å². The lowest BCUT2D eigenvalue weighted by Crippen LogP contribution is -2.54. The zero-order valence-electron chi connectivity index (χ0n) is 17.1. The highest BCUT2D eigenvalue weighted by Crippen LogP contribution is 2.49. The van der Waals surface area contributed by atoms with Crippen LogP contribution in [-0.4, -0.2) is 81.6 Å². The van der Waals surface area contributed by atoms with Crippen LogP contribution >= 0.6 is 11.8 Å². The number of rotatable bonds is 4. The number of carbonyl (C=O) groups excluding carboxylic acids is 1. The molecule has 2 bridgehead atoms. The first-order valence-corrected chi connectivity index (χ1v) is 11.4. The number of anilines is 1. The van der Waals surface area contributed by atoms with Gasteiger partial charge in [-0.1, -0.05) is 0 Å². The Morgan fingerprint density at radius 3 is 2.97 bits per heavy atom. The van der Waals surface area contributed by atoms with Crippen LogP contribution in [0.25, 0.3) is 0 Å². The molecule has 5 rings (SSSR count). The van der Waals surface area contributed by atoms with Crippen molar-refractivity contribution >= 4 is 23.5 Å². The summed E-state index contributed by atoms with van der Waals surface area (Å²) in [5.41, 5.74) is 1.04. The van der Waals surface area contributed by atoms with Crippen LogP contribution in [0, 0.1) is 18.8 Å². The van der Waals surface area contributed by atoms with Gasteiger partial charge in [0.25, 0.3) is 5.91 Å². The van der Waals surface area contributed by atoms with Gasteiger partial charge in [0.05, 0.1) is 24.8 Å². The van der Waals surface area contributed by atoms with E-state index in [9.17, 15) is 9.90 Å². The van der Waals surface area contributed by atoms with Crippen molar-refractivity contribution in [3.05, 3.63) is 42.0 Å². The van der Waals surface area contributed by atoms with E-state index < -0.39 is 5.60 Å². The summed E-state index contributed by atoms with van der Waals surface area (Å²) in [6.45, 7) is 4.43. The van der Waals surface area contributed by atoms with Gasteiger partial charge in [-0.2, -0.15) is 0 Å². The minimum atomic E-state index is -0.493. The van der Waals surface area contributed by atoms with E-state index in [2.05, 4.69) is 19.9 Å². The third-order valence-corrected chi connectivity index (χ3v) is 7.31. The maximum absolute atomic E-state index is 13.3. The number of hydrogen-bond donors (Lipinski definition) is 1. The minimum Gasteiger partial charge on any atom is -0.396 e. The molecule has 3 saturated heterocycles. The second kappa shape index (κ2) is 7.47. The Morgan fingerprint density at radius 1 is 1.33 bits per heavy atom. The van der Waals surface area contributed by atoms with Gasteiger partial charge in [-0.25, -0.2) is 15.0 Å². The van der Waals surface area contributed by atoms with Crippen LogP contribution in [0.5, 0.6) is 0 Å². The first kappa shape index (κ1) is 19.7. The first-order valence-electron chi connectivity index (χ1n) is 10.1. The molecule has 158 valence electrons. The first-order chi connectivity index (χ1) is 14.5. The van der Waals surface area contributed by atoms with Crippen molar-refractivity contribution in [2.24, 2.45) is 11.8 Å². The second-order valence-electron chi connectivity index (χ2n) is 8.32. The molecule has 0 aromatic carbocycles. The molecule has 5 heterocycles. The summed E-state index contributed by atoms with van der Waals surface area (Å²) in [6.07, 6.45) is 5.14. The number of aryl methyl sites for hydroxylation is 1. The predicted molar refractivity (Wildman–Crippen MR) is 113 cm³/mol. The number of pyridine rings is 1. The van der Waals surface area contributed by atoms with Gasteiger partial charge in [0.2, 0.25) is 0 Å². The van der Waals surface area contributed by atoms with Gasteiger partial charge in [-0.3, -0.25) is 4.79 Å². The number of thioether (sulfide) groups is 1. The fourth-order valence-corrected chi connectivity index (χ4v) is 5.80. The smallest absolute Gasteiger partial charge is 0.256 e. The van der Waals surface area contributed by atoms with E-state index in [4.69, 9.17) is 4.74 Å². The number of aliphatic hydroxyl groups excluding tert-OH is 1. The molecule has 9 heteroatoms. The van der Waals surface area contributed by atoms with Crippen LogP contribution in [0.15, 0.2) is 35.7 Å². The SMILES string of the molecule is CSc1ncccc1C(=O)N1C[C@@H]2[C@H](CO)[C@H]3CN(c4cc(C)ncn4)C[C@]2(C1)O3. The van der Waals surface area contributed by atoms with Crippen molar-refractivity contribution in [3.8, 4) is 0 Å². The summed E-state index contributed by atoms with van der Waals surface area (Å²) < 4.78 is 6.51. The fourth-order valence-electron chi connectivity index (χ4n) is 5.26. The van der Waals surface area contributed by atoms with E-state index in [0.29, 0.717) is 31.7 Å². The van der Waals surface area contributed by atoms with Gasteiger partial charge in [0, 0.05) is 49.5 Å². The highest BCUT2D eigenvalue weighted by molar-refractivity contribution is 7.98. The van der Waals surface area contributed by atoms with E-state index in [1.807, 2.05) is 30.2 Å². The van der Waals surface area contributed by atoms with Crippen LogP contribution in [0.1, 0.15) is 16.1 Å². The lowest BCUT2D eigenvalue weighted by Gasteiger charge is -2.41. The zero-order valence-corrected chi connectivity index (χ0v) is 17.9. The van der Waals surface area contributed by atoms with Crippen LogP contribution in [-0.2, 0) is 4.74 Å². The molecule has 4 atom stereocenters. The Hall–Kier alpha value is -2.23. The molecule has 3 fully saturated rings. The molecule has 2 aromatic heterocycles. The molecule has 0 radical (unpaired) electrons. The molecule has 0 unspecified atom stereocenters. The lowest BCUT2D eigenvalue weighted by atomic mass is 9.83. The van der Waals surface area contributed by atoms with E-state index in [-0.39, 0.29) is 30.5 Å². The molecular formula is C21H25N5O3S. The Labute approximate surface area is 179 Å². The van der Waals surface area contributed by atoms with Gasteiger partial charge < -0.3 is 19.6 Å². The Kier molecular flexibility index (Phi) is 4.91. The molecule has 2 aromatic rings. The van der Waals surface area contributed by atoms with E-state index >= 15 is 0 Å². The minimum absolute atomic E-state index is 0.00431. The summed E-state index contributed by atoms with van der Waals surface area (Å²) >= 11 is 1.47. The normalized spacial score (nSPS) is 29.9. The van der Waals surface area contributed by atoms with Crippen molar-refractivity contribution in [2.45, 2.75) is 23.7 Å². The number of carbonyl (C=O) groups is 1. The largest absolute Gasteiger partial charge is 0.396 e. The van der Waals surface area contributed by atoms with Gasteiger partial charge >= 0.3 is 0 Å². The molecule has 0 saturated carbocycles. The third-order valence-electron chi connectivity index (χ3n) is 6.60. The predicted octanol–water partition coefficient (Wildman–Crippen LogP) is 1.24. The van der Waals surface area contributed by atoms with Gasteiger partial charge in [0.1, 0.15) is 22.8 Å².